The molecule has 0 fully saturated rings. The van der Waals surface area contributed by atoms with Gasteiger partial charge < -0.3 is 15.2 Å². The number of fused-ring (bicyclic) bond motifs is 1. The third-order valence-electron chi connectivity index (χ3n) is 4.15. The van der Waals surface area contributed by atoms with Gasteiger partial charge in [0.2, 0.25) is 0 Å². The molecule has 0 spiro atoms. The number of hydrogen-bond acceptors (Lipinski definition) is 3. The number of hydrogen-bond donors (Lipinski definition) is 1. The number of nitrogens with zero attached hydrogens (tertiary/aromatic N) is 3. The van der Waals surface area contributed by atoms with E-state index in [4.69, 9.17) is 5.73 Å². The van der Waals surface area contributed by atoms with Crippen LogP contribution in [0.4, 0.5) is 5.69 Å². The van der Waals surface area contributed by atoms with Gasteiger partial charge in [-0.05, 0) is 30.5 Å². The largest absolute Gasteiger partial charge is 0.371 e. The minimum absolute atomic E-state index is 0.113. The summed E-state index contributed by atoms with van der Waals surface area (Å²) < 4.78 is 2.09. The van der Waals surface area contributed by atoms with Crippen molar-refractivity contribution >= 4 is 5.69 Å². The number of aryl methyl sites for hydroxylation is 1. The van der Waals surface area contributed by atoms with Crippen molar-refractivity contribution in [3.8, 4) is 0 Å². The molecule has 0 aliphatic carbocycles. The summed E-state index contributed by atoms with van der Waals surface area (Å²) >= 11 is 0. The lowest BCUT2D eigenvalue weighted by molar-refractivity contribution is 0.737. The van der Waals surface area contributed by atoms with Crippen LogP contribution in [0.1, 0.15) is 29.9 Å². The number of anilines is 1. The highest BCUT2D eigenvalue weighted by Crippen LogP contribution is 2.30. The molecule has 1 atom stereocenters. The zero-order chi connectivity index (χ0) is 14.1. The molecule has 3 rings (SSSR count). The molecule has 1 aromatic carbocycles. The number of aromatic nitrogens is 2. The normalized spacial score (nSPS) is 15.4. The monoisotopic (exact) mass is 270 g/mol. The SMILES string of the molecule is CC(N)c1ccc2c(c1)CCN2CCc1nccn1C. The molecule has 1 aliphatic heterocycles. The van der Waals surface area contributed by atoms with Crippen LogP contribution in [-0.4, -0.2) is 22.6 Å². The fourth-order valence-corrected chi connectivity index (χ4v) is 2.88. The van der Waals surface area contributed by atoms with Crippen molar-refractivity contribution in [3.05, 3.63) is 47.5 Å². The van der Waals surface area contributed by atoms with Crippen molar-refractivity contribution in [1.82, 2.24) is 9.55 Å². The van der Waals surface area contributed by atoms with E-state index in [0.717, 1.165) is 31.8 Å². The van der Waals surface area contributed by atoms with Crippen LogP contribution in [0, 0.1) is 0 Å². The van der Waals surface area contributed by atoms with Gasteiger partial charge in [-0.3, -0.25) is 0 Å². The fourth-order valence-electron chi connectivity index (χ4n) is 2.88. The Kier molecular flexibility index (Phi) is 3.49. The van der Waals surface area contributed by atoms with E-state index >= 15 is 0 Å². The second-order valence-electron chi connectivity index (χ2n) is 5.62. The predicted molar refractivity (Wildman–Crippen MR) is 81.9 cm³/mol. The molecule has 106 valence electrons. The lowest BCUT2D eigenvalue weighted by Gasteiger charge is -2.19. The average Bonchev–Trinajstić information content (AvgIpc) is 3.02. The van der Waals surface area contributed by atoms with Crippen molar-refractivity contribution in [2.45, 2.75) is 25.8 Å². The summed E-state index contributed by atoms with van der Waals surface area (Å²) in [6, 6.07) is 6.75. The maximum atomic E-state index is 5.96. The smallest absolute Gasteiger partial charge is 0.110 e. The Bertz CT molecular complexity index is 600. The Morgan fingerprint density at radius 2 is 2.25 bits per heavy atom. The molecular weight excluding hydrogens is 248 g/mol. The molecule has 0 bridgehead atoms. The van der Waals surface area contributed by atoms with Gasteiger partial charge in [0.05, 0.1) is 0 Å². The molecule has 2 heterocycles. The van der Waals surface area contributed by atoms with Crippen molar-refractivity contribution in [3.63, 3.8) is 0 Å². The Morgan fingerprint density at radius 3 is 2.95 bits per heavy atom. The van der Waals surface area contributed by atoms with Crippen molar-refractivity contribution in [1.29, 1.82) is 0 Å². The van der Waals surface area contributed by atoms with Gasteiger partial charge >= 0.3 is 0 Å². The van der Waals surface area contributed by atoms with Gasteiger partial charge in [0, 0.05) is 50.7 Å². The highest BCUT2D eigenvalue weighted by atomic mass is 15.2. The summed E-state index contributed by atoms with van der Waals surface area (Å²) in [7, 11) is 2.05. The highest BCUT2D eigenvalue weighted by Gasteiger charge is 2.19. The number of nitrogens with two attached hydrogens (primary N) is 1. The third-order valence-corrected chi connectivity index (χ3v) is 4.15. The van der Waals surface area contributed by atoms with Crippen molar-refractivity contribution in [2.75, 3.05) is 18.0 Å². The van der Waals surface area contributed by atoms with Crippen LogP contribution in [-0.2, 0) is 19.9 Å². The van der Waals surface area contributed by atoms with Crippen LogP contribution in [0.3, 0.4) is 0 Å². The van der Waals surface area contributed by atoms with E-state index in [-0.39, 0.29) is 6.04 Å². The van der Waals surface area contributed by atoms with E-state index in [9.17, 15) is 0 Å². The summed E-state index contributed by atoms with van der Waals surface area (Å²) in [5, 5.41) is 0. The molecule has 1 aromatic heterocycles. The second-order valence-corrected chi connectivity index (χ2v) is 5.62. The number of rotatable bonds is 4. The van der Waals surface area contributed by atoms with Gasteiger partial charge in [-0.1, -0.05) is 12.1 Å². The average molecular weight is 270 g/mol. The maximum absolute atomic E-state index is 5.96. The van der Waals surface area contributed by atoms with Gasteiger partial charge in [0.1, 0.15) is 5.82 Å². The quantitative estimate of drug-likeness (QED) is 0.925. The first-order chi connectivity index (χ1) is 9.65. The van der Waals surface area contributed by atoms with Gasteiger partial charge in [0.25, 0.3) is 0 Å². The summed E-state index contributed by atoms with van der Waals surface area (Å²) in [6.45, 7) is 4.16. The Morgan fingerprint density at radius 1 is 1.40 bits per heavy atom. The van der Waals surface area contributed by atoms with E-state index in [2.05, 4.69) is 39.7 Å². The summed E-state index contributed by atoms with van der Waals surface area (Å²) in [5.74, 6) is 1.14. The standard InChI is InChI=1S/C16H22N4/c1-12(17)13-3-4-15-14(11-13)5-8-20(15)9-6-16-18-7-10-19(16)2/h3-4,7,10-12H,5-6,8-9,17H2,1-2H3. The lowest BCUT2D eigenvalue weighted by Crippen LogP contribution is -2.24. The Hall–Kier alpha value is -1.81. The van der Waals surface area contributed by atoms with Gasteiger partial charge in [0.15, 0.2) is 0 Å². The molecule has 2 N–H and O–H groups in total. The first kappa shape index (κ1) is 13.2. The molecular formula is C16H22N4. The minimum atomic E-state index is 0.113. The molecule has 0 saturated heterocycles. The van der Waals surface area contributed by atoms with Crippen LogP contribution in [0.5, 0.6) is 0 Å². The Labute approximate surface area is 120 Å². The van der Waals surface area contributed by atoms with E-state index in [1.807, 2.05) is 19.3 Å². The van der Waals surface area contributed by atoms with Crippen LogP contribution in [0.25, 0.3) is 0 Å². The van der Waals surface area contributed by atoms with Crippen molar-refractivity contribution < 1.29 is 0 Å². The predicted octanol–water partition coefficient (Wildman–Crippen LogP) is 2.04. The van der Waals surface area contributed by atoms with Crippen molar-refractivity contribution in [2.24, 2.45) is 12.8 Å². The lowest BCUT2D eigenvalue weighted by atomic mass is 10.0. The van der Waals surface area contributed by atoms with Gasteiger partial charge in [-0.15, -0.1) is 0 Å². The van der Waals surface area contributed by atoms with E-state index < -0.39 is 0 Å². The molecule has 4 nitrogen and oxygen atoms in total. The topological polar surface area (TPSA) is 47.1 Å². The van der Waals surface area contributed by atoms with Crippen LogP contribution in [0.15, 0.2) is 30.6 Å². The van der Waals surface area contributed by atoms with E-state index in [1.165, 1.54) is 16.8 Å². The van der Waals surface area contributed by atoms with Crippen LogP contribution >= 0.6 is 0 Å². The van der Waals surface area contributed by atoms with Gasteiger partial charge in [-0.25, -0.2) is 4.98 Å². The maximum Gasteiger partial charge on any atom is 0.110 e. The van der Waals surface area contributed by atoms with Crippen LogP contribution in [0.2, 0.25) is 0 Å². The first-order valence-electron chi connectivity index (χ1n) is 7.24. The van der Waals surface area contributed by atoms with Crippen LogP contribution < -0.4 is 10.6 Å². The minimum Gasteiger partial charge on any atom is -0.371 e. The summed E-state index contributed by atoms with van der Waals surface area (Å²) in [5.41, 5.74) is 9.98. The van der Waals surface area contributed by atoms with Gasteiger partial charge in [-0.2, -0.15) is 0 Å². The molecule has 0 amide bonds. The molecule has 0 saturated carbocycles. The zero-order valence-corrected chi connectivity index (χ0v) is 12.2. The Balaban J connectivity index is 1.71. The molecule has 1 aliphatic rings. The zero-order valence-electron chi connectivity index (χ0n) is 12.2. The number of benzene rings is 1. The summed E-state index contributed by atoms with van der Waals surface area (Å²) in [4.78, 5) is 6.84. The fraction of sp³-hybridized carbons (Fsp3) is 0.438. The second kappa shape index (κ2) is 5.29. The first-order valence-corrected chi connectivity index (χ1v) is 7.24. The molecule has 1 unspecified atom stereocenters. The summed E-state index contributed by atoms with van der Waals surface area (Å²) in [6.07, 6.45) is 5.97. The molecule has 20 heavy (non-hydrogen) atoms. The molecule has 0 radical (unpaired) electrons. The molecule has 4 heteroatoms. The van der Waals surface area contributed by atoms with E-state index in [1.54, 1.807) is 0 Å². The number of imidazole rings is 1. The molecule has 2 aromatic rings. The highest BCUT2D eigenvalue weighted by molar-refractivity contribution is 5.59. The third kappa shape index (κ3) is 2.43. The van der Waals surface area contributed by atoms with E-state index in [0.29, 0.717) is 0 Å².